The quantitative estimate of drug-likeness (QED) is 0.765. The van der Waals surface area contributed by atoms with Crippen LogP contribution in [0.4, 0.5) is 0 Å². The lowest BCUT2D eigenvalue weighted by atomic mass is 9.77. The molecule has 1 aliphatic rings. The lowest BCUT2D eigenvalue weighted by molar-refractivity contribution is -0.142. The summed E-state index contributed by atoms with van der Waals surface area (Å²) in [5.74, 6) is 0.645. The fourth-order valence-electron chi connectivity index (χ4n) is 2.98. The molecule has 20 heavy (non-hydrogen) atoms. The molecule has 0 radical (unpaired) electrons. The molecule has 1 rings (SSSR count). The van der Waals surface area contributed by atoms with Gasteiger partial charge in [0.2, 0.25) is 5.91 Å². The van der Waals surface area contributed by atoms with E-state index in [1.807, 2.05) is 11.8 Å². The fourth-order valence-corrected chi connectivity index (χ4v) is 2.98. The maximum Gasteiger partial charge on any atom is 0.226 e. The van der Waals surface area contributed by atoms with E-state index in [1.165, 1.54) is 0 Å². The first-order valence-corrected chi connectivity index (χ1v) is 7.55. The van der Waals surface area contributed by atoms with E-state index in [0.29, 0.717) is 25.7 Å². The second kappa shape index (κ2) is 8.60. The van der Waals surface area contributed by atoms with Crippen molar-refractivity contribution in [1.82, 2.24) is 4.90 Å². The van der Waals surface area contributed by atoms with Crippen molar-refractivity contribution >= 4 is 5.91 Å². The van der Waals surface area contributed by atoms with Crippen LogP contribution in [0.15, 0.2) is 0 Å². The van der Waals surface area contributed by atoms with E-state index in [9.17, 15) is 4.79 Å². The topological polar surface area (TPSA) is 64.8 Å². The molecule has 0 aromatic heterocycles. The zero-order valence-corrected chi connectivity index (χ0v) is 13.3. The smallest absolute Gasteiger partial charge is 0.226 e. The number of rotatable bonds is 7. The monoisotopic (exact) mass is 286 g/mol. The lowest BCUT2D eigenvalue weighted by Gasteiger charge is -2.37. The van der Waals surface area contributed by atoms with Crippen LogP contribution in [0, 0.1) is 11.8 Å². The minimum Gasteiger partial charge on any atom is -0.383 e. The Morgan fingerprint density at radius 2 is 2.05 bits per heavy atom. The zero-order chi connectivity index (χ0) is 15.1. The van der Waals surface area contributed by atoms with Gasteiger partial charge in [-0.05, 0) is 32.1 Å². The summed E-state index contributed by atoms with van der Waals surface area (Å²) in [6, 6.07) is 0.218. The number of carbonyl (C=O) groups is 1. The van der Waals surface area contributed by atoms with Crippen LogP contribution < -0.4 is 5.73 Å². The van der Waals surface area contributed by atoms with Gasteiger partial charge in [-0.3, -0.25) is 4.79 Å². The SMILES string of the molecule is COCCN(C(=O)C1CC(N)CCC1C)C(C)COC. The second-order valence-corrected chi connectivity index (χ2v) is 5.99. The van der Waals surface area contributed by atoms with Gasteiger partial charge in [-0.15, -0.1) is 0 Å². The van der Waals surface area contributed by atoms with Crippen LogP contribution in [-0.2, 0) is 14.3 Å². The third-order valence-corrected chi connectivity index (χ3v) is 4.31. The van der Waals surface area contributed by atoms with Crippen molar-refractivity contribution in [2.75, 3.05) is 34.0 Å². The molecule has 0 aliphatic heterocycles. The third kappa shape index (κ3) is 4.72. The van der Waals surface area contributed by atoms with E-state index >= 15 is 0 Å². The molecule has 1 aliphatic carbocycles. The fraction of sp³-hybridized carbons (Fsp3) is 0.933. The summed E-state index contributed by atoms with van der Waals surface area (Å²) in [5.41, 5.74) is 6.04. The largest absolute Gasteiger partial charge is 0.383 e. The highest BCUT2D eigenvalue weighted by Gasteiger charge is 2.35. The second-order valence-electron chi connectivity index (χ2n) is 5.99. The van der Waals surface area contributed by atoms with Gasteiger partial charge in [-0.25, -0.2) is 0 Å². The molecule has 5 heteroatoms. The molecule has 4 unspecified atom stereocenters. The first kappa shape index (κ1) is 17.4. The molecule has 2 N–H and O–H groups in total. The molecule has 0 aromatic rings. The molecule has 0 bridgehead atoms. The number of hydrogen-bond donors (Lipinski definition) is 1. The van der Waals surface area contributed by atoms with Crippen LogP contribution in [0.2, 0.25) is 0 Å². The number of ether oxygens (including phenoxy) is 2. The Bertz CT molecular complexity index is 299. The first-order chi connectivity index (χ1) is 9.51. The number of nitrogens with two attached hydrogens (primary N) is 1. The molecule has 0 aromatic carbocycles. The minimum absolute atomic E-state index is 0.0370. The highest BCUT2D eigenvalue weighted by Crippen LogP contribution is 2.31. The molecule has 5 nitrogen and oxygen atoms in total. The predicted molar refractivity (Wildman–Crippen MR) is 79.4 cm³/mol. The van der Waals surface area contributed by atoms with Crippen molar-refractivity contribution in [2.24, 2.45) is 17.6 Å². The summed E-state index contributed by atoms with van der Waals surface area (Å²) in [6.07, 6.45) is 2.86. The lowest BCUT2D eigenvalue weighted by Crippen LogP contribution is -2.49. The molecule has 0 heterocycles. The zero-order valence-electron chi connectivity index (χ0n) is 13.3. The van der Waals surface area contributed by atoms with E-state index < -0.39 is 0 Å². The van der Waals surface area contributed by atoms with Gasteiger partial charge in [0.05, 0.1) is 19.3 Å². The van der Waals surface area contributed by atoms with Crippen molar-refractivity contribution in [3.8, 4) is 0 Å². The van der Waals surface area contributed by atoms with Gasteiger partial charge in [-0.1, -0.05) is 6.92 Å². The third-order valence-electron chi connectivity index (χ3n) is 4.31. The highest BCUT2D eigenvalue weighted by molar-refractivity contribution is 5.79. The number of methoxy groups -OCH3 is 2. The van der Waals surface area contributed by atoms with Gasteiger partial charge in [0, 0.05) is 32.7 Å². The summed E-state index contributed by atoms with van der Waals surface area (Å²) in [7, 11) is 3.32. The van der Waals surface area contributed by atoms with E-state index in [0.717, 1.165) is 19.3 Å². The summed E-state index contributed by atoms with van der Waals surface area (Å²) in [4.78, 5) is 14.7. The average Bonchev–Trinajstić information content (AvgIpc) is 2.42. The number of hydrogen-bond acceptors (Lipinski definition) is 4. The Hall–Kier alpha value is -0.650. The molecule has 1 fully saturated rings. The normalized spacial score (nSPS) is 28.1. The van der Waals surface area contributed by atoms with Crippen molar-refractivity contribution in [3.05, 3.63) is 0 Å². The molecule has 1 saturated carbocycles. The van der Waals surface area contributed by atoms with E-state index in [4.69, 9.17) is 15.2 Å². The number of nitrogens with zero attached hydrogens (tertiary/aromatic N) is 1. The van der Waals surface area contributed by atoms with Gasteiger partial charge < -0.3 is 20.1 Å². The minimum atomic E-state index is 0.0370. The highest BCUT2D eigenvalue weighted by atomic mass is 16.5. The van der Waals surface area contributed by atoms with Gasteiger partial charge >= 0.3 is 0 Å². The predicted octanol–water partition coefficient (Wildman–Crippen LogP) is 1.26. The molecular weight excluding hydrogens is 256 g/mol. The Balaban J connectivity index is 2.74. The maximum atomic E-state index is 12.8. The Morgan fingerprint density at radius 1 is 1.35 bits per heavy atom. The van der Waals surface area contributed by atoms with Crippen LogP contribution in [0.5, 0.6) is 0 Å². The van der Waals surface area contributed by atoms with Crippen LogP contribution in [-0.4, -0.2) is 56.9 Å². The van der Waals surface area contributed by atoms with Crippen molar-refractivity contribution in [3.63, 3.8) is 0 Å². The summed E-state index contributed by atoms with van der Waals surface area (Å²) < 4.78 is 10.3. The maximum absolute atomic E-state index is 12.8. The number of amides is 1. The Morgan fingerprint density at radius 3 is 2.65 bits per heavy atom. The summed E-state index contributed by atoms with van der Waals surface area (Å²) >= 11 is 0. The molecule has 1 amide bonds. The van der Waals surface area contributed by atoms with Crippen LogP contribution in [0.25, 0.3) is 0 Å². The van der Waals surface area contributed by atoms with Crippen molar-refractivity contribution in [1.29, 1.82) is 0 Å². The van der Waals surface area contributed by atoms with Gasteiger partial charge in [0.25, 0.3) is 0 Å². The molecule has 118 valence electrons. The first-order valence-electron chi connectivity index (χ1n) is 7.55. The van der Waals surface area contributed by atoms with Crippen LogP contribution >= 0.6 is 0 Å². The summed E-state index contributed by atoms with van der Waals surface area (Å²) in [5, 5.41) is 0. The molecular formula is C15H30N2O3. The summed E-state index contributed by atoms with van der Waals surface area (Å²) in [6.45, 7) is 5.88. The van der Waals surface area contributed by atoms with E-state index in [1.54, 1.807) is 14.2 Å². The Kier molecular flexibility index (Phi) is 7.48. The van der Waals surface area contributed by atoms with Gasteiger partial charge in [-0.2, -0.15) is 0 Å². The molecule has 0 saturated heterocycles. The van der Waals surface area contributed by atoms with E-state index in [-0.39, 0.29) is 23.9 Å². The molecule has 0 spiro atoms. The van der Waals surface area contributed by atoms with Gasteiger partial charge in [0.1, 0.15) is 0 Å². The van der Waals surface area contributed by atoms with Crippen molar-refractivity contribution in [2.45, 2.75) is 45.2 Å². The standard InChI is InChI=1S/C15H30N2O3/c1-11-5-6-13(16)9-14(11)15(18)17(7-8-19-3)12(2)10-20-4/h11-14H,5-10,16H2,1-4H3. The molecule has 4 atom stereocenters. The van der Waals surface area contributed by atoms with Crippen molar-refractivity contribution < 1.29 is 14.3 Å². The average molecular weight is 286 g/mol. The number of carbonyl (C=O) groups excluding carboxylic acids is 1. The Labute approximate surface area is 122 Å². The van der Waals surface area contributed by atoms with Gasteiger partial charge in [0.15, 0.2) is 0 Å². The van der Waals surface area contributed by atoms with E-state index in [2.05, 4.69) is 6.92 Å². The van der Waals surface area contributed by atoms with Crippen LogP contribution in [0.3, 0.4) is 0 Å². The van der Waals surface area contributed by atoms with Crippen LogP contribution in [0.1, 0.15) is 33.1 Å².